The molecule has 2 aromatic heterocycles. The molecule has 0 aliphatic carbocycles. The Morgan fingerprint density at radius 3 is 2.68 bits per heavy atom. The van der Waals surface area contributed by atoms with Gasteiger partial charge in [0.15, 0.2) is 5.76 Å². The molecule has 0 spiro atoms. The minimum atomic E-state index is -4.45. The third-order valence-electron chi connectivity index (χ3n) is 6.14. The van der Waals surface area contributed by atoms with Crippen molar-refractivity contribution in [3.63, 3.8) is 0 Å². The van der Waals surface area contributed by atoms with Crippen molar-refractivity contribution in [1.82, 2.24) is 14.9 Å². The first kappa shape index (κ1) is 22.0. The largest absolute Gasteiger partial charge is 0.496 e. The van der Waals surface area contributed by atoms with E-state index in [2.05, 4.69) is 10.3 Å². The van der Waals surface area contributed by atoms with Gasteiger partial charge in [0.1, 0.15) is 18.0 Å². The Balaban J connectivity index is 1.52. The van der Waals surface area contributed by atoms with Crippen LogP contribution in [0, 0.1) is 6.92 Å². The molecular formula is C24H21F3N4O3. The summed E-state index contributed by atoms with van der Waals surface area (Å²) in [7, 11) is 0. The number of ether oxygens (including phenoxy) is 1. The first-order chi connectivity index (χ1) is 16.1. The van der Waals surface area contributed by atoms with Crippen molar-refractivity contribution in [1.29, 1.82) is 0 Å². The summed E-state index contributed by atoms with van der Waals surface area (Å²) in [5.41, 5.74) is 2.96. The lowest BCUT2D eigenvalue weighted by Gasteiger charge is -2.32. The molecule has 1 atom stereocenters. The molecule has 0 radical (unpaired) electrons. The Morgan fingerprint density at radius 2 is 1.97 bits per heavy atom. The van der Waals surface area contributed by atoms with Crippen LogP contribution in [0.2, 0.25) is 0 Å². The van der Waals surface area contributed by atoms with Gasteiger partial charge < -0.3 is 14.2 Å². The lowest BCUT2D eigenvalue weighted by atomic mass is 10.0. The van der Waals surface area contributed by atoms with Crippen molar-refractivity contribution in [3.05, 3.63) is 70.9 Å². The molecule has 176 valence electrons. The summed E-state index contributed by atoms with van der Waals surface area (Å²) in [6.07, 6.45) is 0.550. The molecule has 3 aromatic rings. The van der Waals surface area contributed by atoms with E-state index in [4.69, 9.17) is 9.26 Å². The molecule has 0 unspecified atom stereocenters. The molecule has 0 bridgehead atoms. The SMILES string of the molecule is CC1=C(c2cc(-c3cnn4c3C(=O)N(c3ccc(C(F)(F)F)c(C)c3)C[C@@H]4C)on2)COC=C1. The van der Waals surface area contributed by atoms with Gasteiger partial charge in [-0.25, -0.2) is 0 Å². The quantitative estimate of drug-likeness (QED) is 0.512. The van der Waals surface area contributed by atoms with E-state index >= 15 is 0 Å². The van der Waals surface area contributed by atoms with Crippen LogP contribution in [-0.2, 0) is 10.9 Å². The number of carbonyl (C=O) groups is 1. The van der Waals surface area contributed by atoms with Gasteiger partial charge in [-0.1, -0.05) is 5.16 Å². The van der Waals surface area contributed by atoms with Gasteiger partial charge in [0.25, 0.3) is 5.91 Å². The zero-order valence-corrected chi connectivity index (χ0v) is 18.7. The molecule has 34 heavy (non-hydrogen) atoms. The van der Waals surface area contributed by atoms with E-state index < -0.39 is 11.7 Å². The highest BCUT2D eigenvalue weighted by atomic mass is 19.4. The second kappa shape index (κ2) is 7.89. The van der Waals surface area contributed by atoms with Crippen molar-refractivity contribution in [2.45, 2.75) is 33.0 Å². The zero-order valence-electron chi connectivity index (χ0n) is 18.7. The maximum absolute atomic E-state index is 13.5. The van der Waals surface area contributed by atoms with Gasteiger partial charge in [0.2, 0.25) is 0 Å². The van der Waals surface area contributed by atoms with E-state index in [0.29, 0.717) is 35.0 Å². The molecular weight excluding hydrogens is 449 g/mol. The highest BCUT2D eigenvalue weighted by molar-refractivity contribution is 6.09. The third-order valence-corrected chi connectivity index (χ3v) is 6.14. The maximum Gasteiger partial charge on any atom is 0.416 e. The highest BCUT2D eigenvalue weighted by Crippen LogP contribution is 2.37. The number of aromatic nitrogens is 3. The monoisotopic (exact) mass is 470 g/mol. The number of anilines is 1. The fourth-order valence-electron chi connectivity index (χ4n) is 4.32. The molecule has 0 fully saturated rings. The Bertz CT molecular complexity index is 1350. The van der Waals surface area contributed by atoms with Crippen molar-refractivity contribution >= 4 is 17.2 Å². The Hall–Kier alpha value is -3.82. The average Bonchev–Trinajstić information content (AvgIpc) is 3.43. The summed E-state index contributed by atoms with van der Waals surface area (Å²) in [5, 5.41) is 8.52. The number of benzene rings is 1. The number of allylic oxidation sites excluding steroid dienone is 2. The Labute approximate surface area is 193 Å². The van der Waals surface area contributed by atoms with E-state index in [1.54, 1.807) is 23.2 Å². The number of hydrogen-bond donors (Lipinski definition) is 0. The van der Waals surface area contributed by atoms with E-state index in [9.17, 15) is 18.0 Å². The number of amides is 1. The number of aryl methyl sites for hydroxylation is 1. The molecule has 7 nitrogen and oxygen atoms in total. The maximum atomic E-state index is 13.5. The normalized spacial score (nSPS) is 18.4. The van der Waals surface area contributed by atoms with Gasteiger partial charge in [0, 0.05) is 23.9 Å². The minimum absolute atomic E-state index is 0.0528. The topological polar surface area (TPSA) is 73.4 Å². The number of hydrogen-bond acceptors (Lipinski definition) is 5. The van der Waals surface area contributed by atoms with E-state index in [-0.39, 0.29) is 24.1 Å². The van der Waals surface area contributed by atoms with Gasteiger partial charge in [-0.2, -0.15) is 18.3 Å². The molecule has 0 saturated heterocycles. The van der Waals surface area contributed by atoms with Crippen molar-refractivity contribution in [2.75, 3.05) is 18.1 Å². The number of fused-ring (bicyclic) bond motifs is 1. The number of nitrogens with zero attached hydrogens (tertiary/aromatic N) is 4. The molecule has 10 heteroatoms. The van der Waals surface area contributed by atoms with Crippen LogP contribution in [0.1, 0.15) is 47.2 Å². The standard InChI is InChI=1S/C24H21F3N4O3/c1-13-6-7-33-12-18(13)20-9-21(34-29-20)17-10-28-31-15(3)11-30(23(32)22(17)31)16-4-5-19(14(2)8-16)24(25,26)27/h4-10,15H,11-12H2,1-3H3/t15-/m0/s1. The van der Waals surface area contributed by atoms with Crippen molar-refractivity contribution in [2.24, 2.45) is 0 Å². The number of halogens is 3. The molecule has 2 aliphatic heterocycles. The average molecular weight is 470 g/mol. The predicted octanol–water partition coefficient (Wildman–Crippen LogP) is 5.40. The van der Waals surface area contributed by atoms with Crippen LogP contribution in [0.4, 0.5) is 18.9 Å². The van der Waals surface area contributed by atoms with Crippen LogP contribution in [-0.4, -0.2) is 34.0 Å². The van der Waals surface area contributed by atoms with Crippen LogP contribution < -0.4 is 4.90 Å². The minimum Gasteiger partial charge on any atom is -0.496 e. The lowest BCUT2D eigenvalue weighted by Crippen LogP contribution is -2.42. The van der Waals surface area contributed by atoms with E-state index in [1.165, 1.54) is 24.0 Å². The highest BCUT2D eigenvalue weighted by Gasteiger charge is 2.36. The second-order valence-electron chi connectivity index (χ2n) is 8.46. The van der Waals surface area contributed by atoms with Crippen LogP contribution in [0.5, 0.6) is 0 Å². The second-order valence-corrected chi connectivity index (χ2v) is 8.46. The fourth-order valence-corrected chi connectivity index (χ4v) is 4.32. The van der Waals surface area contributed by atoms with Crippen LogP contribution in [0.3, 0.4) is 0 Å². The number of rotatable bonds is 3. The van der Waals surface area contributed by atoms with Gasteiger partial charge in [-0.05, 0) is 56.2 Å². The van der Waals surface area contributed by atoms with Gasteiger partial charge in [-0.15, -0.1) is 0 Å². The predicted molar refractivity (Wildman–Crippen MR) is 118 cm³/mol. The first-order valence-electron chi connectivity index (χ1n) is 10.7. The van der Waals surface area contributed by atoms with Crippen molar-refractivity contribution in [3.8, 4) is 11.3 Å². The van der Waals surface area contributed by atoms with Crippen LogP contribution in [0.25, 0.3) is 16.9 Å². The van der Waals surface area contributed by atoms with Crippen LogP contribution in [0.15, 0.2) is 52.9 Å². The van der Waals surface area contributed by atoms with E-state index in [0.717, 1.165) is 17.2 Å². The zero-order chi connectivity index (χ0) is 24.2. The smallest absolute Gasteiger partial charge is 0.416 e. The molecule has 4 heterocycles. The summed E-state index contributed by atoms with van der Waals surface area (Å²) < 4.78 is 52.1. The molecule has 1 aromatic carbocycles. The fraction of sp³-hybridized carbons (Fsp3) is 0.292. The van der Waals surface area contributed by atoms with Crippen molar-refractivity contribution < 1.29 is 27.2 Å². The number of carbonyl (C=O) groups excluding carboxylic acids is 1. The number of alkyl halides is 3. The van der Waals surface area contributed by atoms with Gasteiger partial charge >= 0.3 is 6.18 Å². The molecule has 1 amide bonds. The van der Waals surface area contributed by atoms with Gasteiger partial charge in [-0.3, -0.25) is 9.48 Å². The van der Waals surface area contributed by atoms with Crippen LogP contribution >= 0.6 is 0 Å². The van der Waals surface area contributed by atoms with Gasteiger partial charge in [0.05, 0.1) is 29.6 Å². The molecule has 0 N–H and O–H groups in total. The Kier molecular flexibility index (Phi) is 5.11. The summed E-state index contributed by atoms with van der Waals surface area (Å²) in [6, 6.07) is 5.25. The summed E-state index contributed by atoms with van der Waals surface area (Å²) >= 11 is 0. The molecule has 5 rings (SSSR count). The van der Waals surface area contributed by atoms with E-state index in [1.807, 2.05) is 19.9 Å². The Morgan fingerprint density at radius 1 is 1.18 bits per heavy atom. The third kappa shape index (κ3) is 3.59. The lowest BCUT2D eigenvalue weighted by molar-refractivity contribution is -0.138. The summed E-state index contributed by atoms with van der Waals surface area (Å²) in [5.74, 6) is -0.000796. The molecule has 0 saturated carbocycles. The summed E-state index contributed by atoms with van der Waals surface area (Å²) in [4.78, 5) is 15.0. The first-order valence-corrected chi connectivity index (χ1v) is 10.7. The summed E-state index contributed by atoms with van der Waals surface area (Å²) in [6.45, 7) is 5.85. The molecule has 2 aliphatic rings.